The molecule has 0 fully saturated rings. The third-order valence-corrected chi connectivity index (χ3v) is 5.73. The lowest BCUT2D eigenvalue weighted by molar-refractivity contribution is 0.357. The lowest BCUT2D eigenvalue weighted by Crippen LogP contribution is -2.33. The molecule has 2 aromatic rings. The number of benzene rings is 1. The van der Waals surface area contributed by atoms with Crippen molar-refractivity contribution in [3.8, 4) is 6.07 Å². The molecule has 0 unspecified atom stereocenters. The van der Waals surface area contributed by atoms with Crippen LogP contribution >= 0.6 is 0 Å². The molecule has 0 saturated carbocycles. The van der Waals surface area contributed by atoms with Crippen molar-refractivity contribution in [3.63, 3.8) is 0 Å². The number of aromatic nitrogens is 1. The second-order valence-electron chi connectivity index (χ2n) is 5.32. The fraction of sp³-hybridized carbons (Fsp3) is 0.294. The number of hydrogen-bond acceptors (Lipinski definition) is 4. The average Bonchev–Trinajstić information content (AvgIpc) is 2.55. The molecular formula is C17H19N3O2S. The second kappa shape index (κ2) is 6.90. The zero-order valence-electron chi connectivity index (χ0n) is 13.4. The highest BCUT2D eigenvalue weighted by Crippen LogP contribution is 2.27. The van der Waals surface area contributed by atoms with Crippen LogP contribution in [0.1, 0.15) is 36.6 Å². The van der Waals surface area contributed by atoms with Gasteiger partial charge in [0.1, 0.15) is 11.0 Å². The molecule has 1 aromatic carbocycles. The second-order valence-corrected chi connectivity index (χ2v) is 7.21. The van der Waals surface area contributed by atoms with Gasteiger partial charge in [-0.3, -0.25) is 4.98 Å². The van der Waals surface area contributed by atoms with Gasteiger partial charge in [-0.25, -0.2) is 8.42 Å². The van der Waals surface area contributed by atoms with E-state index in [2.05, 4.69) is 4.98 Å². The Morgan fingerprint density at radius 1 is 1.30 bits per heavy atom. The minimum absolute atomic E-state index is 0.0397. The van der Waals surface area contributed by atoms with E-state index in [9.17, 15) is 8.42 Å². The summed E-state index contributed by atoms with van der Waals surface area (Å²) < 4.78 is 27.2. The zero-order chi connectivity index (χ0) is 17.0. The van der Waals surface area contributed by atoms with Gasteiger partial charge in [-0.15, -0.1) is 0 Å². The zero-order valence-corrected chi connectivity index (χ0v) is 14.2. The van der Waals surface area contributed by atoms with Gasteiger partial charge in [-0.05, 0) is 25.5 Å². The summed E-state index contributed by atoms with van der Waals surface area (Å²) in [6.45, 7) is 5.96. The molecule has 0 bridgehead atoms. The summed E-state index contributed by atoms with van der Waals surface area (Å²) in [5.41, 5.74) is 2.24. The standard InChI is InChI=1S/C17H19N3O2S/c1-4-20(14(3)16-7-5-6-13(2)8-16)23(21,22)17-9-15(10-18)11-19-12-17/h5-9,11-12,14H,4H2,1-3H3/t14-/m1/s1. The summed E-state index contributed by atoms with van der Waals surface area (Å²) in [6, 6.07) is 10.7. The molecule has 0 N–H and O–H groups in total. The Bertz CT molecular complexity index is 841. The van der Waals surface area contributed by atoms with Crippen LogP contribution in [-0.2, 0) is 10.0 Å². The topological polar surface area (TPSA) is 74.1 Å². The molecule has 0 spiro atoms. The maximum Gasteiger partial charge on any atom is 0.245 e. The van der Waals surface area contributed by atoms with Crippen LogP contribution in [0.25, 0.3) is 0 Å². The van der Waals surface area contributed by atoms with E-state index in [1.54, 1.807) is 6.92 Å². The number of hydrogen-bond donors (Lipinski definition) is 0. The molecule has 23 heavy (non-hydrogen) atoms. The smallest absolute Gasteiger partial charge is 0.245 e. The summed E-state index contributed by atoms with van der Waals surface area (Å²) in [6.07, 6.45) is 2.63. The molecule has 120 valence electrons. The SMILES string of the molecule is CCN([C@H](C)c1cccc(C)c1)S(=O)(=O)c1cncc(C#N)c1. The largest absolute Gasteiger partial charge is 0.262 e. The van der Waals surface area contributed by atoms with Crippen LogP contribution in [0, 0.1) is 18.3 Å². The minimum atomic E-state index is -3.72. The molecule has 0 aliphatic rings. The van der Waals surface area contributed by atoms with E-state index < -0.39 is 10.0 Å². The summed E-state index contributed by atoms with van der Waals surface area (Å²) in [5, 5.41) is 8.94. The molecule has 1 aromatic heterocycles. The van der Waals surface area contributed by atoms with Gasteiger partial charge in [0.2, 0.25) is 10.0 Å². The third kappa shape index (κ3) is 3.58. The van der Waals surface area contributed by atoms with Crippen LogP contribution in [0.15, 0.2) is 47.6 Å². The Hall–Kier alpha value is -2.23. The Morgan fingerprint density at radius 2 is 2.04 bits per heavy atom. The normalized spacial score (nSPS) is 12.8. The highest BCUT2D eigenvalue weighted by molar-refractivity contribution is 7.89. The Kier molecular flexibility index (Phi) is 5.14. The molecule has 0 amide bonds. The molecular weight excluding hydrogens is 310 g/mol. The predicted octanol–water partition coefficient (Wildman–Crippen LogP) is 3.03. The first kappa shape index (κ1) is 17.1. The van der Waals surface area contributed by atoms with Crippen molar-refractivity contribution in [1.29, 1.82) is 5.26 Å². The summed E-state index contributed by atoms with van der Waals surface area (Å²) in [7, 11) is -3.72. The predicted molar refractivity (Wildman–Crippen MR) is 88.1 cm³/mol. The van der Waals surface area contributed by atoms with Crippen molar-refractivity contribution in [1.82, 2.24) is 9.29 Å². The van der Waals surface area contributed by atoms with Gasteiger partial charge < -0.3 is 0 Å². The fourth-order valence-corrected chi connectivity index (χ4v) is 4.12. The van der Waals surface area contributed by atoms with E-state index in [-0.39, 0.29) is 16.5 Å². The lowest BCUT2D eigenvalue weighted by atomic mass is 10.1. The monoisotopic (exact) mass is 329 g/mol. The average molecular weight is 329 g/mol. The van der Waals surface area contributed by atoms with Crippen molar-refractivity contribution >= 4 is 10.0 Å². The number of nitriles is 1. The first-order chi connectivity index (χ1) is 10.9. The van der Waals surface area contributed by atoms with Crippen molar-refractivity contribution in [2.75, 3.05) is 6.54 Å². The molecule has 6 heteroatoms. The van der Waals surface area contributed by atoms with E-state index >= 15 is 0 Å². The highest BCUT2D eigenvalue weighted by atomic mass is 32.2. The van der Waals surface area contributed by atoms with Crippen LogP contribution in [0.4, 0.5) is 0 Å². The summed E-state index contributed by atoms with van der Waals surface area (Å²) in [5.74, 6) is 0. The van der Waals surface area contributed by atoms with E-state index in [1.807, 2.05) is 44.2 Å². The van der Waals surface area contributed by atoms with Crippen LogP contribution in [0.2, 0.25) is 0 Å². The van der Waals surface area contributed by atoms with Gasteiger partial charge in [0, 0.05) is 25.0 Å². The molecule has 5 nitrogen and oxygen atoms in total. The van der Waals surface area contributed by atoms with Crippen molar-refractivity contribution in [2.24, 2.45) is 0 Å². The van der Waals surface area contributed by atoms with Gasteiger partial charge in [-0.2, -0.15) is 9.57 Å². The molecule has 0 saturated heterocycles. The maximum absolute atomic E-state index is 12.9. The van der Waals surface area contributed by atoms with Crippen LogP contribution in [0.5, 0.6) is 0 Å². The quantitative estimate of drug-likeness (QED) is 0.845. The van der Waals surface area contributed by atoms with Crippen molar-refractivity contribution in [3.05, 3.63) is 59.4 Å². The fourth-order valence-electron chi connectivity index (χ4n) is 2.50. The first-order valence-electron chi connectivity index (χ1n) is 7.33. The van der Waals surface area contributed by atoms with Gasteiger partial charge in [0.15, 0.2) is 0 Å². The maximum atomic E-state index is 12.9. The number of sulfonamides is 1. The van der Waals surface area contributed by atoms with Crippen LogP contribution in [-0.4, -0.2) is 24.3 Å². The van der Waals surface area contributed by atoms with E-state index in [4.69, 9.17) is 5.26 Å². The molecule has 2 rings (SSSR count). The lowest BCUT2D eigenvalue weighted by Gasteiger charge is -2.27. The van der Waals surface area contributed by atoms with Gasteiger partial charge in [0.05, 0.1) is 5.56 Å². The molecule has 0 aliphatic carbocycles. The van der Waals surface area contributed by atoms with E-state index in [0.717, 1.165) is 11.1 Å². The van der Waals surface area contributed by atoms with Crippen LogP contribution in [0.3, 0.4) is 0 Å². The number of aryl methyl sites for hydroxylation is 1. The molecule has 0 aliphatic heterocycles. The molecule has 1 heterocycles. The van der Waals surface area contributed by atoms with Gasteiger partial charge in [0.25, 0.3) is 0 Å². The summed E-state index contributed by atoms with van der Waals surface area (Å²) in [4.78, 5) is 3.90. The first-order valence-corrected chi connectivity index (χ1v) is 8.77. The number of pyridine rings is 1. The number of rotatable bonds is 5. The Morgan fingerprint density at radius 3 is 2.65 bits per heavy atom. The van der Waals surface area contributed by atoms with Crippen LogP contribution < -0.4 is 0 Å². The van der Waals surface area contributed by atoms with E-state index in [1.165, 1.54) is 22.8 Å². The molecule has 0 radical (unpaired) electrons. The third-order valence-electron chi connectivity index (χ3n) is 3.72. The van der Waals surface area contributed by atoms with E-state index in [0.29, 0.717) is 6.54 Å². The van der Waals surface area contributed by atoms with Gasteiger partial charge >= 0.3 is 0 Å². The van der Waals surface area contributed by atoms with Crippen molar-refractivity contribution < 1.29 is 8.42 Å². The minimum Gasteiger partial charge on any atom is -0.262 e. The summed E-state index contributed by atoms with van der Waals surface area (Å²) >= 11 is 0. The Balaban J connectivity index is 2.44. The Labute approximate surface area is 137 Å². The van der Waals surface area contributed by atoms with Crippen molar-refractivity contribution in [2.45, 2.75) is 31.7 Å². The highest BCUT2D eigenvalue weighted by Gasteiger charge is 2.29. The number of nitrogens with zero attached hydrogens (tertiary/aromatic N) is 3. The van der Waals surface area contributed by atoms with Gasteiger partial charge in [-0.1, -0.05) is 36.8 Å². The molecule has 1 atom stereocenters.